The molecule has 0 unspecified atom stereocenters. The zero-order chi connectivity index (χ0) is 18.4. The molecule has 0 radical (unpaired) electrons. The fraction of sp³-hybridized carbons (Fsp3) is 0.381. The summed E-state index contributed by atoms with van der Waals surface area (Å²) in [5.41, 5.74) is 8.13. The number of nitrogens with one attached hydrogen (secondary N) is 2. The summed E-state index contributed by atoms with van der Waals surface area (Å²) in [6.07, 6.45) is 6.99. The highest BCUT2D eigenvalue weighted by Gasteiger charge is 2.21. The van der Waals surface area contributed by atoms with Crippen molar-refractivity contribution in [2.24, 2.45) is 0 Å². The molecule has 1 aromatic carbocycles. The number of H-pyrrole nitrogens is 1. The highest BCUT2D eigenvalue weighted by molar-refractivity contribution is 5.88. The number of hydrogen-bond donors (Lipinski definition) is 2. The third kappa shape index (κ3) is 2.72. The lowest BCUT2D eigenvalue weighted by Gasteiger charge is -2.21. The van der Waals surface area contributed by atoms with Crippen molar-refractivity contribution in [1.82, 2.24) is 30.1 Å². The fourth-order valence-corrected chi connectivity index (χ4v) is 4.35. The summed E-state index contributed by atoms with van der Waals surface area (Å²) in [5, 5.41) is 17.0. The van der Waals surface area contributed by atoms with Crippen LogP contribution >= 0.6 is 0 Å². The second-order valence-electron chi connectivity index (χ2n) is 7.48. The van der Waals surface area contributed by atoms with E-state index in [2.05, 4.69) is 63.8 Å². The van der Waals surface area contributed by atoms with Gasteiger partial charge in [-0.2, -0.15) is 10.2 Å². The van der Waals surface area contributed by atoms with Crippen LogP contribution in [0.5, 0.6) is 0 Å². The van der Waals surface area contributed by atoms with Crippen LogP contribution in [0.4, 0.5) is 0 Å². The number of aromatic nitrogens is 5. The lowest BCUT2D eigenvalue weighted by molar-refractivity contribution is 0.454. The smallest absolute Gasteiger partial charge is 0.158 e. The third-order valence-electron chi connectivity index (χ3n) is 5.81. The molecule has 5 rings (SSSR count). The summed E-state index contributed by atoms with van der Waals surface area (Å²) in [7, 11) is 0. The summed E-state index contributed by atoms with van der Waals surface area (Å²) < 4.78 is 1.86. The zero-order valence-corrected chi connectivity index (χ0v) is 15.8. The number of hydrogen-bond acceptors (Lipinski definition) is 4. The molecule has 27 heavy (non-hydrogen) atoms. The quantitative estimate of drug-likeness (QED) is 0.585. The van der Waals surface area contributed by atoms with Crippen molar-refractivity contribution in [3.05, 3.63) is 47.5 Å². The van der Waals surface area contributed by atoms with Gasteiger partial charge < -0.3 is 5.32 Å². The molecule has 0 bridgehead atoms. The Morgan fingerprint density at radius 1 is 1.19 bits per heavy atom. The first kappa shape index (κ1) is 16.4. The van der Waals surface area contributed by atoms with Crippen molar-refractivity contribution < 1.29 is 0 Å². The molecule has 0 aliphatic carbocycles. The van der Waals surface area contributed by atoms with E-state index in [1.807, 2.05) is 4.52 Å². The summed E-state index contributed by atoms with van der Waals surface area (Å²) in [6.45, 7) is 6.47. The highest BCUT2D eigenvalue weighted by Crippen LogP contribution is 2.34. The second-order valence-corrected chi connectivity index (χ2v) is 7.48. The molecule has 1 fully saturated rings. The Morgan fingerprint density at radius 2 is 2.04 bits per heavy atom. The number of nitrogens with zero attached hydrogens (tertiary/aromatic N) is 4. The van der Waals surface area contributed by atoms with Gasteiger partial charge in [0, 0.05) is 28.8 Å². The van der Waals surface area contributed by atoms with Crippen LogP contribution in [0.3, 0.4) is 0 Å². The average Bonchev–Trinajstić information content (AvgIpc) is 3.34. The van der Waals surface area contributed by atoms with E-state index in [9.17, 15) is 0 Å². The zero-order valence-electron chi connectivity index (χ0n) is 15.8. The van der Waals surface area contributed by atoms with E-state index in [-0.39, 0.29) is 0 Å². The highest BCUT2D eigenvalue weighted by atomic mass is 15.3. The van der Waals surface area contributed by atoms with Crippen LogP contribution in [0.2, 0.25) is 0 Å². The van der Waals surface area contributed by atoms with E-state index in [0.29, 0.717) is 5.92 Å². The van der Waals surface area contributed by atoms with Crippen LogP contribution in [0.15, 0.2) is 30.7 Å². The lowest BCUT2D eigenvalue weighted by Crippen LogP contribution is -2.26. The summed E-state index contributed by atoms with van der Waals surface area (Å²) in [6, 6.07) is 6.77. The number of piperidine rings is 1. The molecular weight excluding hydrogens is 336 g/mol. The lowest BCUT2D eigenvalue weighted by atomic mass is 9.90. The molecule has 138 valence electrons. The van der Waals surface area contributed by atoms with Crippen LogP contribution < -0.4 is 5.32 Å². The van der Waals surface area contributed by atoms with Crippen LogP contribution in [0.25, 0.3) is 27.7 Å². The molecule has 2 N–H and O–H groups in total. The molecule has 0 amide bonds. The molecule has 6 nitrogen and oxygen atoms in total. The van der Waals surface area contributed by atoms with Gasteiger partial charge in [-0.05, 0) is 74.2 Å². The van der Waals surface area contributed by atoms with Gasteiger partial charge >= 0.3 is 0 Å². The molecule has 0 saturated carbocycles. The minimum absolute atomic E-state index is 0.570. The molecule has 0 spiro atoms. The molecule has 1 saturated heterocycles. The first-order valence-electron chi connectivity index (χ1n) is 9.76. The van der Waals surface area contributed by atoms with E-state index in [1.165, 1.54) is 35.0 Å². The molecule has 3 aromatic heterocycles. The van der Waals surface area contributed by atoms with E-state index in [4.69, 9.17) is 0 Å². The first-order valence-corrected chi connectivity index (χ1v) is 9.76. The van der Waals surface area contributed by atoms with Gasteiger partial charge in [-0.25, -0.2) is 9.50 Å². The Kier molecular flexibility index (Phi) is 3.93. The number of fused-ring (bicyclic) bond motifs is 2. The van der Waals surface area contributed by atoms with E-state index >= 15 is 0 Å². The van der Waals surface area contributed by atoms with Crippen LogP contribution in [0, 0.1) is 6.92 Å². The minimum Gasteiger partial charge on any atom is -0.317 e. The predicted molar refractivity (Wildman–Crippen MR) is 107 cm³/mol. The molecule has 4 aromatic rings. The summed E-state index contributed by atoms with van der Waals surface area (Å²) in [4.78, 5) is 4.33. The van der Waals surface area contributed by atoms with Crippen molar-refractivity contribution >= 4 is 16.6 Å². The van der Waals surface area contributed by atoms with Crippen molar-refractivity contribution in [3.8, 4) is 11.1 Å². The predicted octanol–water partition coefficient (Wildman–Crippen LogP) is 3.61. The topological polar surface area (TPSA) is 70.9 Å². The van der Waals surface area contributed by atoms with Gasteiger partial charge in [0.25, 0.3) is 0 Å². The van der Waals surface area contributed by atoms with E-state index in [1.54, 1.807) is 6.33 Å². The molecule has 0 atom stereocenters. The van der Waals surface area contributed by atoms with Crippen molar-refractivity contribution in [3.63, 3.8) is 0 Å². The monoisotopic (exact) mass is 360 g/mol. The minimum atomic E-state index is 0.570. The average molecular weight is 360 g/mol. The van der Waals surface area contributed by atoms with Gasteiger partial charge in [-0.15, -0.1) is 0 Å². The number of pyridine rings is 1. The Hall–Kier alpha value is -2.73. The second kappa shape index (κ2) is 6.46. The Bertz CT molecular complexity index is 1120. The SMILES string of the molecule is CCc1cc2c(C3CCNCC3)[nH]nc2cc1-c1cc(C)c2ncnn2c1. The van der Waals surface area contributed by atoms with Gasteiger partial charge in [-0.1, -0.05) is 6.92 Å². The van der Waals surface area contributed by atoms with E-state index < -0.39 is 0 Å². The number of aromatic amines is 1. The first-order chi connectivity index (χ1) is 13.2. The maximum atomic E-state index is 4.65. The summed E-state index contributed by atoms with van der Waals surface area (Å²) >= 11 is 0. The fourth-order valence-electron chi connectivity index (χ4n) is 4.35. The number of aryl methyl sites for hydroxylation is 2. The van der Waals surface area contributed by atoms with Crippen molar-refractivity contribution in [2.75, 3.05) is 13.1 Å². The molecule has 1 aliphatic heterocycles. The van der Waals surface area contributed by atoms with Crippen LogP contribution in [-0.2, 0) is 6.42 Å². The van der Waals surface area contributed by atoms with Gasteiger partial charge in [0.1, 0.15) is 6.33 Å². The standard InChI is InChI=1S/C21H24N6/c1-3-14-9-18-19(25-26-20(18)15-4-6-22-7-5-15)10-17(14)16-8-13(2)21-23-12-24-27(21)11-16/h8-12,15,22H,3-7H2,1-2H3,(H,25,26). The Labute approximate surface area is 158 Å². The van der Waals surface area contributed by atoms with Crippen molar-refractivity contribution in [1.29, 1.82) is 0 Å². The van der Waals surface area contributed by atoms with Gasteiger partial charge in [0.2, 0.25) is 0 Å². The maximum absolute atomic E-state index is 4.65. The van der Waals surface area contributed by atoms with Crippen LogP contribution in [-0.4, -0.2) is 37.9 Å². The molecule has 1 aliphatic rings. The van der Waals surface area contributed by atoms with Gasteiger partial charge in [0.05, 0.1) is 5.52 Å². The van der Waals surface area contributed by atoms with Crippen molar-refractivity contribution in [2.45, 2.75) is 39.0 Å². The number of rotatable bonds is 3. The van der Waals surface area contributed by atoms with Gasteiger partial charge in [-0.3, -0.25) is 5.10 Å². The summed E-state index contributed by atoms with van der Waals surface area (Å²) in [5.74, 6) is 0.570. The number of benzene rings is 1. The molecular formula is C21H24N6. The normalized spacial score (nSPS) is 15.8. The maximum Gasteiger partial charge on any atom is 0.158 e. The van der Waals surface area contributed by atoms with E-state index in [0.717, 1.165) is 41.8 Å². The molecule has 6 heteroatoms. The van der Waals surface area contributed by atoms with Gasteiger partial charge in [0.15, 0.2) is 5.65 Å². The third-order valence-corrected chi connectivity index (χ3v) is 5.81. The van der Waals surface area contributed by atoms with Crippen LogP contribution in [0.1, 0.15) is 42.5 Å². The molecule has 4 heterocycles. The Balaban J connectivity index is 1.66. The largest absolute Gasteiger partial charge is 0.317 e. The Morgan fingerprint density at radius 3 is 2.85 bits per heavy atom.